The smallest absolute Gasteiger partial charge is 0.277 e. The summed E-state index contributed by atoms with van der Waals surface area (Å²) < 4.78 is 5.28. The molecule has 0 radical (unpaired) electrons. The first kappa shape index (κ1) is 15.3. The minimum Gasteiger partial charge on any atom is -0.295 e. The molecule has 1 amide bonds. The SMILES string of the molecule is Cn1nc(C(=O)Nc2nc(-c3cccc(Cl)c3)ns2)ccc1=O. The highest BCUT2D eigenvalue weighted by molar-refractivity contribution is 7.10. The first-order valence-corrected chi connectivity index (χ1v) is 7.63. The molecule has 1 N–H and O–H groups in total. The number of aromatic nitrogens is 4. The van der Waals surface area contributed by atoms with Gasteiger partial charge >= 0.3 is 0 Å². The van der Waals surface area contributed by atoms with Gasteiger partial charge in [0.1, 0.15) is 5.69 Å². The zero-order chi connectivity index (χ0) is 16.4. The monoisotopic (exact) mass is 347 g/mol. The quantitative estimate of drug-likeness (QED) is 0.784. The Bertz CT molecular complexity index is 937. The molecule has 3 rings (SSSR count). The molecule has 0 unspecified atom stereocenters. The van der Waals surface area contributed by atoms with Crippen molar-refractivity contribution in [3.05, 3.63) is 57.5 Å². The Morgan fingerprint density at radius 3 is 2.87 bits per heavy atom. The molecule has 0 atom stereocenters. The largest absolute Gasteiger partial charge is 0.295 e. The summed E-state index contributed by atoms with van der Waals surface area (Å²) >= 11 is 6.98. The van der Waals surface area contributed by atoms with Crippen molar-refractivity contribution >= 4 is 34.2 Å². The van der Waals surface area contributed by atoms with Gasteiger partial charge in [-0.25, -0.2) is 4.68 Å². The Morgan fingerprint density at radius 1 is 1.30 bits per heavy atom. The van der Waals surface area contributed by atoms with Gasteiger partial charge in [-0.1, -0.05) is 23.7 Å². The van der Waals surface area contributed by atoms with Gasteiger partial charge in [-0.3, -0.25) is 14.9 Å². The Kier molecular flexibility index (Phi) is 4.18. The number of halogens is 1. The van der Waals surface area contributed by atoms with Crippen LogP contribution in [0.4, 0.5) is 5.13 Å². The first-order chi connectivity index (χ1) is 11.0. The minimum absolute atomic E-state index is 0.117. The van der Waals surface area contributed by atoms with E-state index in [9.17, 15) is 9.59 Å². The predicted octanol–water partition coefficient (Wildman–Crippen LogP) is 2.20. The number of nitrogens with one attached hydrogen (secondary N) is 1. The highest BCUT2D eigenvalue weighted by Gasteiger charge is 2.13. The summed E-state index contributed by atoms with van der Waals surface area (Å²) in [6.45, 7) is 0. The summed E-state index contributed by atoms with van der Waals surface area (Å²) in [5, 5.41) is 7.40. The number of anilines is 1. The fourth-order valence-corrected chi connectivity index (χ4v) is 2.58. The molecule has 0 saturated carbocycles. The van der Waals surface area contributed by atoms with Crippen LogP contribution in [0.15, 0.2) is 41.2 Å². The Labute approximate surface area is 139 Å². The van der Waals surface area contributed by atoms with Gasteiger partial charge in [-0.2, -0.15) is 14.5 Å². The number of carbonyl (C=O) groups is 1. The van der Waals surface area contributed by atoms with Crippen LogP contribution in [0.25, 0.3) is 11.4 Å². The van der Waals surface area contributed by atoms with E-state index in [1.165, 1.54) is 19.2 Å². The van der Waals surface area contributed by atoms with E-state index in [1.54, 1.807) is 18.2 Å². The fourth-order valence-electron chi connectivity index (χ4n) is 1.80. The van der Waals surface area contributed by atoms with Crippen molar-refractivity contribution in [3.63, 3.8) is 0 Å². The first-order valence-electron chi connectivity index (χ1n) is 6.48. The number of hydrogen-bond donors (Lipinski definition) is 1. The Morgan fingerprint density at radius 2 is 2.13 bits per heavy atom. The summed E-state index contributed by atoms with van der Waals surface area (Å²) in [4.78, 5) is 27.6. The van der Waals surface area contributed by atoms with Gasteiger partial charge in [0.15, 0.2) is 5.82 Å². The number of carbonyl (C=O) groups excluding carboxylic acids is 1. The Balaban J connectivity index is 1.80. The third-order valence-electron chi connectivity index (χ3n) is 2.92. The van der Waals surface area contributed by atoms with Crippen LogP contribution in [-0.4, -0.2) is 25.0 Å². The van der Waals surface area contributed by atoms with Crippen molar-refractivity contribution in [1.29, 1.82) is 0 Å². The van der Waals surface area contributed by atoms with E-state index < -0.39 is 5.91 Å². The van der Waals surface area contributed by atoms with Crippen LogP contribution in [0, 0.1) is 0 Å². The van der Waals surface area contributed by atoms with E-state index in [2.05, 4.69) is 19.8 Å². The molecule has 116 valence electrons. The summed E-state index contributed by atoms with van der Waals surface area (Å²) in [7, 11) is 1.47. The third-order valence-corrected chi connectivity index (χ3v) is 3.79. The number of aryl methyl sites for hydroxylation is 1. The standard InChI is InChI=1S/C14H10ClN5O2S/c1-20-11(21)6-5-10(18-20)13(22)17-14-16-12(19-23-14)8-3-2-4-9(15)7-8/h2-7H,1H3,(H,16,17,19,22). The minimum atomic E-state index is -0.464. The van der Waals surface area contributed by atoms with Crippen LogP contribution < -0.4 is 10.9 Å². The lowest BCUT2D eigenvalue weighted by molar-refractivity contribution is 0.102. The van der Waals surface area contributed by atoms with Crippen LogP contribution in [0.5, 0.6) is 0 Å². The van der Waals surface area contributed by atoms with Gasteiger partial charge in [0.05, 0.1) is 0 Å². The van der Waals surface area contributed by atoms with Crippen molar-refractivity contribution in [1.82, 2.24) is 19.1 Å². The molecule has 3 aromatic rings. The summed E-state index contributed by atoms with van der Waals surface area (Å²) in [5.41, 5.74) is 0.585. The van der Waals surface area contributed by atoms with Crippen LogP contribution in [0.1, 0.15) is 10.5 Å². The van der Waals surface area contributed by atoms with Crippen molar-refractivity contribution < 1.29 is 4.79 Å². The van der Waals surface area contributed by atoms with Gasteiger partial charge in [-0.05, 0) is 18.2 Å². The van der Waals surface area contributed by atoms with Crippen molar-refractivity contribution in [2.75, 3.05) is 5.32 Å². The molecule has 0 fully saturated rings. The number of amides is 1. The Hall–Kier alpha value is -2.58. The highest BCUT2D eigenvalue weighted by atomic mass is 35.5. The molecule has 0 aliphatic rings. The molecule has 0 saturated heterocycles. The lowest BCUT2D eigenvalue weighted by Gasteiger charge is -2.01. The number of nitrogens with zero attached hydrogens (tertiary/aromatic N) is 4. The van der Waals surface area contributed by atoms with Gasteiger partial charge < -0.3 is 0 Å². The number of hydrogen-bond acceptors (Lipinski definition) is 6. The molecule has 1 aromatic carbocycles. The zero-order valence-electron chi connectivity index (χ0n) is 11.9. The zero-order valence-corrected chi connectivity index (χ0v) is 13.4. The topological polar surface area (TPSA) is 89.8 Å². The van der Waals surface area contributed by atoms with Crippen molar-refractivity contribution in [2.45, 2.75) is 0 Å². The van der Waals surface area contributed by atoms with Crippen molar-refractivity contribution in [3.8, 4) is 11.4 Å². The maximum Gasteiger partial charge on any atom is 0.277 e. The maximum atomic E-state index is 12.1. The van der Waals surface area contributed by atoms with Crippen LogP contribution in [0.2, 0.25) is 5.02 Å². The molecule has 0 aliphatic carbocycles. The van der Waals surface area contributed by atoms with Crippen LogP contribution in [-0.2, 0) is 7.05 Å². The summed E-state index contributed by atoms with van der Waals surface area (Å²) in [5.74, 6) is 0.00983. The fraction of sp³-hybridized carbons (Fsp3) is 0.0714. The van der Waals surface area contributed by atoms with E-state index in [4.69, 9.17) is 11.6 Å². The number of rotatable bonds is 3. The summed E-state index contributed by atoms with van der Waals surface area (Å²) in [6, 6.07) is 9.75. The van der Waals surface area contributed by atoms with Gasteiger partial charge in [0.25, 0.3) is 11.5 Å². The third kappa shape index (κ3) is 3.43. The van der Waals surface area contributed by atoms with E-state index in [0.717, 1.165) is 21.8 Å². The lowest BCUT2D eigenvalue weighted by atomic mass is 10.2. The highest BCUT2D eigenvalue weighted by Crippen LogP contribution is 2.23. The van der Waals surface area contributed by atoms with Crippen molar-refractivity contribution in [2.24, 2.45) is 7.05 Å². The molecular weight excluding hydrogens is 338 g/mol. The molecular formula is C14H10ClN5O2S. The molecule has 9 heteroatoms. The average molecular weight is 348 g/mol. The molecule has 7 nitrogen and oxygen atoms in total. The van der Waals surface area contributed by atoms with Crippen LogP contribution >= 0.6 is 23.1 Å². The van der Waals surface area contributed by atoms with Gasteiger partial charge in [-0.15, -0.1) is 0 Å². The molecule has 0 bridgehead atoms. The second-order valence-electron chi connectivity index (χ2n) is 4.57. The molecule has 0 spiro atoms. The number of benzene rings is 1. The van der Waals surface area contributed by atoms with Crippen LogP contribution in [0.3, 0.4) is 0 Å². The second-order valence-corrected chi connectivity index (χ2v) is 5.76. The average Bonchev–Trinajstić information content (AvgIpc) is 2.98. The van der Waals surface area contributed by atoms with E-state index in [-0.39, 0.29) is 11.3 Å². The molecule has 23 heavy (non-hydrogen) atoms. The van der Waals surface area contributed by atoms with E-state index >= 15 is 0 Å². The van der Waals surface area contributed by atoms with Gasteiger partial charge in [0.2, 0.25) is 5.13 Å². The second kappa shape index (κ2) is 6.27. The molecule has 2 heterocycles. The molecule has 2 aromatic heterocycles. The van der Waals surface area contributed by atoms with Gasteiger partial charge in [0, 0.05) is 35.2 Å². The maximum absolute atomic E-state index is 12.1. The molecule has 0 aliphatic heterocycles. The lowest BCUT2D eigenvalue weighted by Crippen LogP contribution is -2.23. The predicted molar refractivity (Wildman–Crippen MR) is 87.8 cm³/mol. The van der Waals surface area contributed by atoms with E-state index in [0.29, 0.717) is 16.0 Å². The van der Waals surface area contributed by atoms with E-state index in [1.807, 2.05) is 6.07 Å². The normalized spacial score (nSPS) is 10.5. The summed E-state index contributed by atoms with van der Waals surface area (Å²) in [6.07, 6.45) is 0.